The van der Waals surface area contributed by atoms with Crippen LogP contribution in [-0.4, -0.2) is 20.0 Å². The van der Waals surface area contributed by atoms with Crippen LogP contribution in [0.3, 0.4) is 0 Å². The quantitative estimate of drug-likeness (QED) is 0.442. The highest BCUT2D eigenvalue weighted by atomic mass is 35.5. The van der Waals surface area contributed by atoms with Gasteiger partial charge in [-0.3, -0.25) is 4.98 Å². The van der Waals surface area contributed by atoms with Crippen molar-refractivity contribution < 1.29 is 17.3 Å². The summed E-state index contributed by atoms with van der Waals surface area (Å²) in [6.07, 6.45) is 1.51. The summed E-state index contributed by atoms with van der Waals surface area (Å²) in [7, 11) is -4.27. The first kappa shape index (κ1) is 21.7. The average Bonchev–Trinajstić information content (AvgIpc) is 2.65. The predicted octanol–water partition coefficient (Wildman–Crippen LogP) is 6.01. The summed E-state index contributed by atoms with van der Waals surface area (Å²) in [5.41, 5.74) is 0.827. The van der Waals surface area contributed by atoms with E-state index >= 15 is 0 Å². The normalized spacial score (nSPS) is 12.2. The van der Waals surface area contributed by atoms with Crippen molar-refractivity contribution in [3.63, 3.8) is 0 Å². The minimum atomic E-state index is -4.27. The summed E-state index contributed by atoms with van der Waals surface area (Å²) in [6.45, 7) is 8.07. The van der Waals surface area contributed by atoms with Gasteiger partial charge >= 0.3 is 10.1 Å². The molecule has 154 valence electrons. The Morgan fingerprint density at radius 2 is 1.79 bits per heavy atom. The number of ether oxygens (including phenoxy) is 1. The third-order valence-corrected chi connectivity index (χ3v) is 6.16. The lowest BCUT2D eigenvalue weighted by Gasteiger charge is -2.21. The van der Waals surface area contributed by atoms with Gasteiger partial charge in [0.15, 0.2) is 5.75 Å². The lowest BCUT2D eigenvalue weighted by Crippen LogP contribution is -2.16. The Hall–Kier alpha value is -2.02. The van der Waals surface area contributed by atoms with Crippen molar-refractivity contribution in [1.29, 1.82) is 0 Å². The van der Waals surface area contributed by atoms with Gasteiger partial charge in [0.2, 0.25) is 0 Å². The lowest BCUT2D eigenvalue weighted by atomic mass is 9.87. The summed E-state index contributed by atoms with van der Waals surface area (Å²) < 4.78 is 37.5. The van der Waals surface area contributed by atoms with Crippen LogP contribution in [0.15, 0.2) is 47.5 Å². The van der Waals surface area contributed by atoms with Gasteiger partial charge in [-0.05, 0) is 48.2 Å². The van der Waals surface area contributed by atoms with Gasteiger partial charge in [0, 0.05) is 11.6 Å². The molecule has 0 aliphatic carbocycles. The van der Waals surface area contributed by atoms with E-state index in [9.17, 15) is 8.42 Å². The fourth-order valence-corrected chi connectivity index (χ4v) is 4.55. The largest absolute Gasteiger partial charge is 0.492 e. The highest BCUT2D eigenvalue weighted by Crippen LogP contribution is 2.40. The van der Waals surface area contributed by atoms with Crippen LogP contribution in [0.4, 0.5) is 0 Å². The van der Waals surface area contributed by atoms with Crippen molar-refractivity contribution in [2.75, 3.05) is 6.61 Å². The highest BCUT2D eigenvalue weighted by Gasteiger charge is 2.27. The zero-order valence-corrected chi connectivity index (χ0v) is 18.8. The second kappa shape index (κ2) is 8.01. The molecule has 0 N–H and O–H groups in total. The topological polar surface area (TPSA) is 65.5 Å². The van der Waals surface area contributed by atoms with Gasteiger partial charge in [0.25, 0.3) is 0 Å². The number of hydrogen-bond acceptors (Lipinski definition) is 5. The Balaban J connectivity index is 2.17. The van der Waals surface area contributed by atoms with Crippen LogP contribution in [0.5, 0.6) is 11.5 Å². The minimum absolute atomic E-state index is 0.0507. The van der Waals surface area contributed by atoms with Crippen molar-refractivity contribution in [3.8, 4) is 11.5 Å². The molecule has 29 heavy (non-hydrogen) atoms. The molecule has 0 saturated carbocycles. The Labute approximate surface area is 180 Å². The van der Waals surface area contributed by atoms with Gasteiger partial charge in [-0.1, -0.05) is 50.0 Å². The molecule has 0 aliphatic heterocycles. The molecular weight excluding hydrogens is 433 g/mol. The Morgan fingerprint density at radius 1 is 1.07 bits per heavy atom. The predicted molar refractivity (Wildman–Crippen MR) is 116 cm³/mol. The summed E-state index contributed by atoms with van der Waals surface area (Å²) >= 11 is 12.5. The van der Waals surface area contributed by atoms with Crippen molar-refractivity contribution in [2.24, 2.45) is 0 Å². The average molecular weight is 454 g/mol. The van der Waals surface area contributed by atoms with E-state index in [4.69, 9.17) is 32.1 Å². The molecule has 0 unspecified atom stereocenters. The first-order valence-electron chi connectivity index (χ1n) is 8.99. The number of rotatable bonds is 5. The van der Waals surface area contributed by atoms with Gasteiger partial charge in [-0.25, -0.2) is 0 Å². The molecule has 0 radical (unpaired) electrons. The lowest BCUT2D eigenvalue weighted by molar-refractivity contribution is 0.329. The molecule has 0 atom stereocenters. The molecule has 3 rings (SSSR count). The standard InChI is InChI=1S/C21H21Cl2NO4S/c1-5-27-17-9-8-13(21(2,3)4)11-18(17)29(25,26)28-20-16(23)12-15(22)14-7-6-10-24-19(14)20/h6-12H,5H2,1-4H3. The Bertz CT molecular complexity index is 1170. The van der Waals surface area contributed by atoms with Gasteiger partial charge in [0.05, 0.1) is 16.7 Å². The van der Waals surface area contributed by atoms with E-state index in [1.165, 1.54) is 12.3 Å². The van der Waals surface area contributed by atoms with E-state index in [2.05, 4.69) is 4.98 Å². The van der Waals surface area contributed by atoms with E-state index in [0.717, 1.165) is 5.56 Å². The monoisotopic (exact) mass is 453 g/mol. The van der Waals surface area contributed by atoms with Crippen LogP contribution in [0.1, 0.15) is 33.3 Å². The number of pyridine rings is 1. The second-order valence-corrected chi connectivity index (χ2v) is 9.78. The summed E-state index contributed by atoms with van der Waals surface area (Å²) in [5, 5.41) is 0.944. The number of nitrogens with zero attached hydrogens (tertiary/aromatic N) is 1. The van der Waals surface area contributed by atoms with Crippen LogP contribution >= 0.6 is 23.2 Å². The molecule has 3 aromatic rings. The molecular formula is C21H21Cl2NO4S. The Morgan fingerprint density at radius 3 is 2.45 bits per heavy atom. The molecule has 0 fully saturated rings. The SMILES string of the molecule is CCOc1ccc(C(C)(C)C)cc1S(=O)(=O)Oc1c(Cl)cc(Cl)c2cccnc12. The highest BCUT2D eigenvalue weighted by molar-refractivity contribution is 7.87. The second-order valence-electron chi connectivity index (χ2n) is 7.45. The molecule has 5 nitrogen and oxygen atoms in total. The summed E-state index contributed by atoms with van der Waals surface area (Å²) in [6, 6.07) is 9.90. The third kappa shape index (κ3) is 4.44. The van der Waals surface area contributed by atoms with Crippen molar-refractivity contribution >= 4 is 44.2 Å². The molecule has 0 spiro atoms. The number of aromatic nitrogens is 1. The third-order valence-electron chi connectivity index (χ3n) is 4.32. The smallest absolute Gasteiger partial charge is 0.343 e. The van der Waals surface area contributed by atoms with Gasteiger partial charge in [0.1, 0.15) is 16.2 Å². The van der Waals surface area contributed by atoms with E-state index < -0.39 is 10.1 Å². The zero-order chi connectivity index (χ0) is 21.4. The van der Waals surface area contributed by atoms with Gasteiger partial charge < -0.3 is 8.92 Å². The first-order valence-corrected chi connectivity index (χ1v) is 11.2. The van der Waals surface area contributed by atoms with E-state index in [1.807, 2.05) is 26.8 Å². The summed E-state index contributed by atoms with van der Waals surface area (Å²) in [5.74, 6) is 0.137. The molecule has 0 aliphatic rings. The minimum Gasteiger partial charge on any atom is -0.492 e. The van der Waals surface area contributed by atoms with Crippen LogP contribution in [0, 0.1) is 0 Å². The van der Waals surface area contributed by atoms with Crippen molar-refractivity contribution in [2.45, 2.75) is 38.0 Å². The fourth-order valence-electron chi connectivity index (χ4n) is 2.83. The molecule has 0 saturated heterocycles. The molecule has 0 bridgehead atoms. The number of hydrogen-bond donors (Lipinski definition) is 0. The van der Waals surface area contributed by atoms with Gasteiger partial charge in [-0.15, -0.1) is 0 Å². The fraction of sp³-hybridized carbons (Fsp3) is 0.286. The first-order chi connectivity index (χ1) is 13.5. The van der Waals surface area contributed by atoms with Crippen molar-refractivity contribution in [1.82, 2.24) is 4.98 Å². The number of fused-ring (bicyclic) bond motifs is 1. The maximum atomic E-state index is 13.2. The van der Waals surface area contributed by atoms with Gasteiger partial charge in [-0.2, -0.15) is 8.42 Å². The molecule has 1 aromatic heterocycles. The zero-order valence-electron chi connectivity index (χ0n) is 16.5. The maximum Gasteiger partial charge on any atom is 0.343 e. The van der Waals surface area contributed by atoms with Crippen LogP contribution in [0.25, 0.3) is 10.9 Å². The van der Waals surface area contributed by atoms with E-state index in [0.29, 0.717) is 17.0 Å². The number of benzene rings is 2. The maximum absolute atomic E-state index is 13.2. The molecule has 8 heteroatoms. The number of halogens is 2. The summed E-state index contributed by atoms with van der Waals surface area (Å²) in [4.78, 5) is 4.14. The van der Waals surface area contributed by atoms with E-state index in [-0.39, 0.29) is 32.3 Å². The molecule has 1 heterocycles. The van der Waals surface area contributed by atoms with Crippen LogP contribution < -0.4 is 8.92 Å². The molecule has 0 amide bonds. The molecule has 2 aromatic carbocycles. The Kier molecular flexibility index (Phi) is 5.99. The van der Waals surface area contributed by atoms with Crippen LogP contribution in [-0.2, 0) is 15.5 Å². The van der Waals surface area contributed by atoms with Crippen molar-refractivity contribution in [3.05, 3.63) is 58.2 Å². The van der Waals surface area contributed by atoms with Crippen LogP contribution in [0.2, 0.25) is 10.0 Å². The van der Waals surface area contributed by atoms with E-state index in [1.54, 1.807) is 31.2 Å².